The van der Waals surface area contributed by atoms with Crippen LogP contribution in [-0.2, 0) is 20.8 Å². The fourth-order valence-corrected chi connectivity index (χ4v) is 4.35. The molecule has 30 heavy (non-hydrogen) atoms. The van der Waals surface area contributed by atoms with Crippen LogP contribution < -0.4 is 16.4 Å². The fourth-order valence-electron chi connectivity index (χ4n) is 3.64. The Labute approximate surface area is 179 Å². The minimum absolute atomic E-state index is 0.0485. The average Bonchev–Trinajstić information content (AvgIpc) is 3.07. The first-order valence-electron chi connectivity index (χ1n) is 9.92. The molecule has 3 amide bonds. The van der Waals surface area contributed by atoms with Crippen molar-refractivity contribution in [3.8, 4) is 0 Å². The first-order chi connectivity index (χ1) is 14.3. The van der Waals surface area contributed by atoms with Crippen LogP contribution in [0, 0.1) is 19.8 Å². The van der Waals surface area contributed by atoms with E-state index >= 15 is 0 Å². The van der Waals surface area contributed by atoms with Gasteiger partial charge in [-0.25, -0.2) is 4.98 Å². The van der Waals surface area contributed by atoms with E-state index in [1.54, 1.807) is 5.38 Å². The SMILES string of the molecule is Cc1cc(C)cc(NC(=O)CN2CCC(C(=O)Nc3nc(CC(N)=O)cs3)CC2)c1. The van der Waals surface area contributed by atoms with Gasteiger partial charge < -0.3 is 16.4 Å². The summed E-state index contributed by atoms with van der Waals surface area (Å²) in [5.41, 5.74) is 8.75. The second-order valence-electron chi connectivity index (χ2n) is 7.75. The Morgan fingerprint density at radius 3 is 2.43 bits per heavy atom. The molecule has 2 heterocycles. The van der Waals surface area contributed by atoms with Crippen LogP contribution in [0.25, 0.3) is 0 Å². The van der Waals surface area contributed by atoms with E-state index in [2.05, 4.69) is 26.6 Å². The van der Waals surface area contributed by atoms with E-state index in [4.69, 9.17) is 5.73 Å². The molecule has 1 aromatic carbocycles. The molecule has 1 fully saturated rings. The van der Waals surface area contributed by atoms with E-state index in [1.807, 2.05) is 26.0 Å². The highest BCUT2D eigenvalue weighted by Crippen LogP contribution is 2.22. The van der Waals surface area contributed by atoms with Crippen molar-refractivity contribution in [3.05, 3.63) is 40.4 Å². The molecule has 3 rings (SSSR count). The smallest absolute Gasteiger partial charge is 0.238 e. The monoisotopic (exact) mass is 429 g/mol. The van der Waals surface area contributed by atoms with E-state index in [0.717, 1.165) is 16.8 Å². The lowest BCUT2D eigenvalue weighted by Crippen LogP contribution is -2.41. The molecule has 0 aliphatic carbocycles. The van der Waals surface area contributed by atoms with E-state index in [9.17, 15) is 14.4 Å². The number of piperidine rings is 1. The molecule has 2 aromatic rings. The number of primary amides is 1. The molecule has 1 aromatic heterocycles. The molecule has 1 aliphatic rings. The summed E-state index contributed by atoms with van der Waals surface area (Å²) in [5, 5.41) is 7.97. The van der Waals surface area contributed by atoms with Crippen molar-refractivity contribution in [3.63, 3.8) is 0 Å². The van der Waals surface area contributed by atoms with Gasteiger partial charge in [0.1, 0.15) is 0 Å². The van der Waals surface area contributed by atoms with Gasteiger partial charge in [0.2, 0.25) is 17.7 Å². The van der Waals surface area contributed by atoms with E-state index in [1.165, 1.54) is 11.3 Å². The first-order valence-corrected chi connectivity index (χ1v) is 10.8. The normalized spacial score (nSPS) is 15.0. The maximum Gasteiger partial charge on any atom is 0.238 e. The summed E-state index contributed by atoms with van der Waals surface area (Å²) < 4.78 is 0. The van der Waals surface area contributed by atoms with E-state index in [-0.39, 0.29) is 24.2 Å². The second kappa shape index (κ2) is 9.82. The zero-order chi connectivity index (χ0) is 21.7. The number of anilines is 2. The van der Waals surface area contributed by atoms with Crippen molar-refractivity contribution in [1.82, 2.24) is 9.88 Å². The molecule has 8 nitrogen and oxygen atoms in total. The number of likely N-dealkylation sites (tertiary alicyclic amines) is 1. The Kier molecular flexibility index (Phi) is 7.17. The summed E-state index contributed by atoms with van der Waals surface area (Å²) in [5.74, 6) is -0.693. The van der Waals surface area contributed by atoms with Gasteiger partial charge >= 0.3 is 0 Å². The lowest BCUT2D eigenvalue weighted by molar-refractivity contribution is -0.121. The highest BCUT2D eigenvalue weighted by molar-refractivity contribution is 7.13. The minimum Gasteiger partial charge on any atom is -0.369 e. The van der Waals surface area contributed by atoms with Crippen molar-refractivity contribution in [2.75, 3.05) is 30.3 Å². The van der Waals surface area contributed by atoms with Crippen molar-refractivity contribution < 1.29 is 14.4 Å². The van der Waals surface area contributed by atoms with Crippen molar-refractivity contribution >= 4 is 39.9 Å². The number of nitrogens with two attached hydrogens (primary N) is 1. The standard InChI is InChI=1S/C21H27N5O3S/c1-13-7-14(2)9-16(8-13)23-19(28)11-26-5-3-15(4-6-26)20(29)25-21-24-17(12-30-21)10-18(22)27/h7-9,12,15H,3-6,10-11H2,1-2H3,(H2,22,27)(H,23,28)(H,24,25,29). The number of hydrogen-bond donors (Lipinski definition) is 3. The van der Waals surface area contributed by atoms with Gasteiger partial charge in [0.15, 0.2) is 5.13 Å². The van der Waals surface area contributed by atoms with Gasteiger partial charge in [-0.2, -0.15) is 0 Å². The Morgan fingerprint density at radius 2 is 1.80 bits per heavy atom. The number of carbonyl (C=O) groups is 3. The third kappa shape index (κ3) is 6.36. The third-order valence-corrected chi connectivity index (χ3v) is 5.77. The lowest BCUT2D eigenvalue weighted by atomic mass is 9.96. The van der Waals surface area contributed by atoms with Crippen LogP contribution in [0.4, 0.5) is 10.8 Å². The first kappa shape index (κ1) is 21.9. The maximum atomic E-state index is 12.5. The Hall–Kier alpha value is -2.78. The third-order valence-electron chi connectivity index (χ3n) is 4.97. The molecule has 1 saturated heterocycles. The van der Waals surface area contributed by atoms with Gasteiger partial charge in [-0.15, -0.1) is 11.3 Å². The number of thiazole rings is 1. The Morgan fingerprint density at radius 1 is 1.13 bits per heavy atom. The van der Waals surface area contributed by atoms with Gasteiger partial charge in [-0.1, -0.05) is 6.07 Å². The molecular formula is C21H27N5O3S. The van der Waals surface area contributed by atoms with Crippen LogP contribution in [0.1, 0.15) is 29.7 Å². The number of hydrogen-bond acceptors (Lipinski definition) is 6. The molecule has 1 aliphatic heterocycles. The quantitative estimate of drug-likeness (QED) is 0.623. The van der Waals surface area contributed by atoms with Gasteiger partial charge in [0, 0.05) is 17.0 Å². The zero-order valence-electron chi connectivity index (χ0n) is 17.2. The zero-order valence-corrected chi connectivity index (χ0v) is 18.1. The van der Waals surface area contributed by atoms with E-state index < -0.39 is 5.91 Å². The maximum absolute atomic E-state index is 12.5. The molecule has 0 unspecified atom stereocenters. The molecule has 160 valence electrons. The summed E-state index contributed by atoms with van der Waals surface area (Å²) >= 11 is 1.28. The number of carbonyl (C=O) groups excluding carboxylic acids is 3. The van der Waals surface area contributed by atoms with Gasteiger partial charge in [0.05, 0.1) is 18.7 Å². The predicted molar refractivity (Wildman–Crippen MR) is 117 cm³/mol. The van der Waals surface area contributed by atoms with Crippen LogP contribution in [-0.4, -0.2) is 47.2 Å². The van der Waals surface area contributed by atoms with Crippen LogP contribution in [0.2, 0.25) is 0 Å². The van der Waals surface area contributed by atoms with Crippen LogP contribution in [0.15, 0.2) is 23.6 Å². The Balaban J connectivity index is 1.43. The summed E-state index contributed by atoms with van der Waals surface area (Å²) in [7, 11) is 0. The van der Waals surface area contributed by atoms with E-state index in [0.29, 0.717) is 43.3 Å². The number of aryl methyl sites for hydroxylation is 2. The lowest BCUT2D eigenvalue weighted by Gasteiger charge is -2.30. The number of nitrogens with zero attached hydrogens (tertiary/aromatic N) is 2. The second-order valence-corrected chi connectivity index (χ2v) is 8.61. The average molecular weight is 430 g/mol. The predicted octanol–water partition coefficient (Wildman–Crippen LogP) is 2.08. The van der Waals surface area contributed by atoms with Gasteiger partial charge in [-0.3, -0.25) is 19.3 Å². The number of benzene rings is 1. The Bertz CT molecular complexity index is 914. The van der Waals surface area contributed by atoms with Crippen LogP contribution in [0.3, 0.4) is 0 Å². The summed E-state index contributed by atoms with van der Waals surface area (Å²) in [4.78, 5) is 42.1. The number of rotatable bonds is 7. The van der Waals surface area contributed by atoms with Crippen molar-refractivity contribution in [2.45, 2.75) is 33.1 Å². The molecular weight excluding hydrogens is 402 g/mol. The topological polar surface area (TPSA) is 117 Å². The molecule has 0 saturated carbocycles. The summed E-state index contributed by atoms with van der Waals surface area (Å²) in [6.45, 7) is 5.68. The highest BCUT2D eigenvalue weighted by atomic mass is 32.1. The fraction of sp³-hybridized carbons (Fsp3) is 0.429. The van der Waals surface area contributed by atoms with Gasteiger partial charge in [0.25, 0.3) is 0 Å². The van der Waals surface area contributed by atoms with Crippen LogP contribution in [0.5, 0.6) is 0 Å². The molecule has 0 spiro atoms. The summed E-state index contributed by atoms with van der Waals surface area (Å²) in [6.07, 6.45) is 1.43. The number of amides is 3. The largest absolute Gasteiger partial charge is 0.369 e. The minimum atomic E-state index is -0.452. The molecule has 0 atom stereocenters. The van der Waals surface area contributed by atoms with Gasteiger partial charge in [-0.05, 0) is 63.0 Å². The molecule has 0 radical (unpaired) electrons. The number of nitrogens with one attached hydrogen (secondary N) is 2. The molecule has 4 N–H and O–H groups in total. The molecule has 0 bridgehead atoms. The summed E-state index contributed by atoms with van der Waals surface area (Å²) in [6, 6.07) is 5.97. The van der Waals surface area contributed by atoms with Crippen molar-refractivity contribution in [2.24, 2.45) is 11.7 Å². The highest BCUT2D eigenvalue weighted by Gasteiger charge is 2.26. The number of aromatic nitrogens is 1. The molecule has 9 heteroatoms. The van der Waals surface area contributed by atoms with Crippen LogP contribution >= 0.6 is 11.3 Å². The van der Waals surface area contributed by atoms with Crippen molar-refractivity contribution in [1.29, 1.82) is 0 Å².